The smallest absolute Gasteiger partial charge is 0.303 e. The molecule has 0 radical (unpaired) electrons. The molecule has 3 N–H and O–H groups in total. The summed E-state index contributed by atoms with van der Waals surface area (Å²) in [5, 5.41) is 28.7. The first kappa shape index (κ1) is 18.1. The molecule has 0 aromatic rings. The van der Waals surface area contributed by atoms with E-state index in [1.165, 1.54) is 0 Å². The van der Waals surface area contributed by atoms with Gasteiger partial charge in [-0.1, -0.05) is 19.8 Å². The van der Waals surface area contributed by atoms with Gasteiger partial charge in [0, 0.05) is 19.3 Å². The molecule has 1 aliphatic rings. The highest BCUT2D eigenvalue weighted by Crippen LogP contribution is 2.38. The van der Waals surface area contributed by atoms with Crippen LogP contribution in [0.2, 0.25) is 0 Å². The average molecular weight is 300 g/mol. The molecule has 0 aromatic carbocycles. The molecule has 0 heterocycles. The van der Waals surface area contributed by atoms with Crippen LogP contribution in [0, 0.1) is 11.8 Å². The van der Waals surface area contributed by atoms with Gasteiger partial charge in [0.05, 0.1) is 12.2 Å². The van der Waals surface area contributed by atoms with Crippen molar-refractivity contribution in [2.75, 3.05) is 0 Å². The van der Waals surface area contributed by atoms with Crippen molar-refractivity contribution >= 4 is 11.8 Å². The van der Waals surface area contributed by atoms with E-state index in [1.54, 1.807) is 0 Å². The summed E-state index contributed by atoms with van der Waals surface area (Å²) in [5.41, 5.74) is 0. The number of carbonyl (C=O) groups is 2. The minimum Gasteiger partial charge on any atom is -0.481 e. The summed E-state index contributed by atoms with van der Waals surface area (Å²) in [6, 6.07) is 0. The third kappa shape index (κ3) is 6.14. The Bertz CT molecular complexity index is 342. The Morgan fingerprint density at radius 3 is 2.05 bits per heavy atom. The molecule has 21 heavy (non-hydrogen) atoms. The maximum Gasteiger partial charge on any atom is 0.303 e. The third-order valence-electron chi connectivity index (χ3n) is 4.53. The predicted octanol–water partition coefficient (Wildman–Crippen LogP) is 2.14. The van der Waals surface area contributed by atoms with E-state index >= 15 is 0 Å². The fourth-order valence-electron chi connectivity index (χ4n) is 3.30. The minimum atomic E-state index is -0.891. The zero-order chi connectivity index (χ0) is 15.8. The summed E-state index contributed by atoms with van der Waals surface area (Å²) >= 11 is 0. The molecule has 4 atom stereocenters. The molecule has 0 aliphatic heterocycles. The van der Waals surface area contributed by atoms with Crippen LogP contribution in [-0.2, 0) is 9.59 Å². The van der Waals surface area contributed by atoms with Crippen molar-refractivity contribution in [2.45, 2.75) is 76.9 Å². The largest absolute Gasteiger partial charge is 0.481 e. The van der Waals surface area contributed by atoms with E-state index in [0.29, 0.717) is 32.1 Å². The van der Waals surface area contributed by atoms with Gasteiger partial charge in [0.1, 0.15) is 5.78 Å². The highest BCUT2D eigenvalue weighted by Gasteiger charge is 2.41. The van der Waals surface area contributed by atoms with Crippen molar-refractivity contribution in [3.8, 4) is 0 Å². The number of carboxylic acids is 1. The van der Waals surface area contributed by atoms with Crippen molar-refractivity contribution in [1.82, 2.24) is 0 Å². The lowest BCUT2D eigenvalue weighted by molar-refractivity contribution is -0.137. The number of ketones is 1. The molecule has 1 saturated carbocycles. The predicted molar refractivity (Wildman–Crippen MR) is 78.9 cm³/mol. The summed E-state index contributed by atoms with van der Waals surface area (Å²) in [6.45, 7) is 2.09. The molecule has 1 aliphatic carbocycles. The molecule has 0 aromatic heterocycles. The Morgan fingerprint density at radius 1 is 0.952 bits per heavy atom. The number of carbonyl (C=O) groups excluding carboxylic acids is 1. The quantitative estimate of drug-likeness (QED) is 0.537. The molecule has 0 amide bonds. The first-order valence-electron chi connectivity index (χ1n) is 8.05. The van der Waals surface area contributed by atoms with Crippen LogP contribution < -0.4 is 0 Å². The molecule has 0 spiro atoms. The topological polar surface area (TPSA) is 94.8 Å². The lowest BCUT2D eigenvalue weighted by Crippen LogP contribution is -2.24. The van der Waals surface area contributed by atoms with E-state index < -0.39 is 18.2 Å². The first-order valence-corrected chi connectivity index (χ1v) is 8.05. The van der Waals surface area contributed by atoms with Gasteiger partial charge in [-0.15, -0.1) is 0 Å². The summed E-state index contributed by atoms with van der Waals surface area (Å²) in [6.07, 6.45) is 3.97. The van der Waals surface area contributed by atoms with Gasteiger partial charge in [-0.3, -0.25) is 9.59 Å². The van der Waals surface area contributed by atoms with Crippen LogP contribution >= 0.6 is 0 Å². The summed E-state index contributed by atoms with van der Waals surface area (Å²) in [7, 11) is 0. The Balaban J connectivity index is 2.42. The number of Topliss-reactive ketones (excluding diaryl/α,β-unsaturated/α-hetero) is 1. The molecule has 5 nitrogen and oxygen atoms in total. The van der Waals surface area contributed by atoms with Gasteiger partial charge in [-0.25, -0.2) is 0 Å². The van der Waals surface area contributed by atoms with Crippen LogP contribution in [0.5, 0.6) is 0 Å². The second-order valence-corrected chi connectivity index (χ2v) is 6.16. The van der Waals surface area contributed by atoms with Gasteiger partial charge in [0.25, 0.3) is 0 Å². The highest BCUT2D eigenvalue weighted by molar-refractivity contribution is 5.78. The van der Waals surface area contributed by atoms with Gasteiger partial charge in [-0.05, 0) is 37.5 Å². The van der Waals surface area contributed by atoms with E-state index in [1.807, 2.05) is 0 Å². The number of carboxylic acid groups (broad SMARTS) is 1. The fourth-order valence-corrected chi connectivity index (χ4v) is 3.30. The number of rotatable bonds is 10. The number of hydrogen-bond acceptors (Lipinski definition) is 4. The van der Waals surface area contributed by atoms with E-state index in [9.17, 15) is 19.8 Å². The molecule has 0 bridgehead atoms. The van der Waals surface area contributed by atoms with Crippen LogP contribution in [0.1, 0.15) is 64.7 Å². The van der Waals surface area contributed by atoms with Gasteiger partial charge in [-0.2, -0.15) is 0 Å². The maximum absolute atomic E-state index is 11.8. The molecular formula is C16H28O5. The monoisotopic (exact) mass is 300 g/mol. The van der Waals surface area contributed by atoms with Gasteiger partial charge in [0.15, 0.2) is 0 Å². The number of aliphatic hydroxyl groups is 2. The van der Waals surface area contributed by atoms with Crippen LogP contribution in [-0.4, -0.2) is 39.3 Å². The normalized spacial score (nSPS) is 28.7. The van der Waals surface area contributed by atoms with E-state index in [-0.39, 0.29) is 24.0 Å². The molecule has 0 saturated heterocycles. The molecule has 5 heteroatoms. The highest BCUT2D eigenvalue weighted by atomic mass is 16.4. The van der Waals surface area contributed by atoms with Crippen molar-refractivity contribution in [1.29, 1.82) is 0 Å². The first-order chi connectivity index (χ1) is 9.95. The SMILES string of the molecule is CCCCCC(=O)CC[C@@H]1[C@@H](CCC(=O)O)[C@@H](O)C[C@@H]1O. The zero-order valence-corrected chi connectivity index (χ0v) is 12.8. The van der Waals surface area contributed by atoms with Gasteiger partial charge < -0.3 is 15.3 Å². The lowest BCUT2D eigenvalue weighted by atomic mass is 9.85. The van der Waals surface area contributed by atoms with Crippen molar-refractivity contribution in [2.24, 2.45) is 11.8 Å². The molecule has 0 unspecified atom stereocenters. The Labute approximate surface area is 126 Å². The van der Waals surface area contributed by atoms with E-state index in [2.05, 4.69) is 6.92 Å². The van der Waals surface area contributed by atoms with Crippen molar-refractivity contribution in [3.05, 3.63) is 0 Å². The van der Waals surface area contributed by atoms with Crippen molar-refractivity contribution in [3.63, 3.8) is 0 Å². The minimum absolute atomic E-state index is 0.00457. The molecule has 122 valence electrons. The number of aliphatic carboxylic acids is 1. The molecule has 1 fully saturated rings. The Morgan fingerprint density at radius 2 is 1.52 bits per heavy atom. The summed E-state index contributed by atoms with van der Waals surface area (Å²) in [4.78, 5) is 22.5. The summed E-state index contributed by atoms with van der Waals surface area (Å²) < 4.78 is 0. The van der Waals surface area contributed by atoms with E-state index in [0.717, 1.165) is 19.3 Å². The van der Waals surface area contributed by atoms with E-state index in [4.69, 9.17) is 5.11 Å². The second-order valence-electron chi connectivity index (χ2n) is 6.16. The van der Waals surface area contributed by atoms with Crippen LogP contribution in [0.15, 0.2) is 0 Å². The summed E-state index contributed by atoms with van der Waals surface area (Å²) in [5.74, 6) is -1.05. The van der Waals surface area contributed by atoms with Gasteiger partial charge in [0.2, 0.25) is 0 Å². The fraction of sp³-hybridized carbons (Fsp3) is 0.875. The van der Waals surface area contributed by atoms with Crippen molar-refractivity contribution < 1.29 is 24.9 Å². The van der Waals surface area contributed by atoms with Crippen LogP contribution in [0.25, 0.3) is 0 Å². The Kier molecular flexibility index (Phi) is 7.89. The van der Waals surface area contributed by atoms with Gasteiger partial charge >= 0.3 is 5.97 Å². The molecule has 1 rings (SSSR count). The lowest BCUT2D eigenvalue weighted by Gasteiger charge is -2.22. The Hall–Kier alpha value is -0.940. The zero-order valence-electron chi connectivity index (χ0n) is 12.8. The number of unbranched alkanes of at least 4 members (excludes halogenated alkanes) is 2. The maximum atomic E-state index is 11.8. The van der Waals surface area contributed by atoms with Crippen LogP contribution in [0.3, 0.4) is 0 Å². The number of aliphatic hydroxyl groups excluding tert-OH is 2. The molecular weight excluding hydrogens is 272 g/mol. The second kappa shape index (κ2) is 9.15. The number of hydrogen-bond donors (Lipinski definition) is 3. The van der Waals surface area contributed by atoms with Crippen LogP contribution in [0.4, 0.5) is 0 Å². The third-order valence-corrected chi connectivity index (χ3v) is 4.53. The standard InChI is InChI=1S/C16H28O5/c1-2-3-4-5-11(17)6-7-12-13(8-9-16(20)21)15(19)10-14(12)18/h12-15,18-19H,2-10H2,1H3,(H,20,21)/t12-,13-,14+,15+/m1/s1. The average Bonchev–Trinajstić information content (AvgIpc) is 2.68.